The Kier molecular flexibility index (Phi) is 5.37. The lowest BCUT2D eigenvalue weighted by Crippen LogP contribution is -2.52. The molecule has 2 atom stereocenters. The Balaban J connectivity index is 2.47. The number of hydrogen-bond donors (Lipinski definition) is 4. The smallest absolute Gasteiger partial charge is 0.328 e. The summed E-state index contributed by atoms with van der Waals surface area (Å²) in [5.74, 6) is -1.62. The molecule has 17 heavy (non-hydrogen) atoms. The van der Waals surface area contributed by atoms with Crippen LogP contribution in [0.3, 0.4) is 0 Å². The lowest BCUT2D eigenvalue weighted by Gasteiger charge is -2.27. The van der Waals surface area contributed by atoms with Crippen LogP contribution in [0, 0.1) is 5.92 Å². The van der Waals surface area contributed by atoms with E-state index in [1.807, 2.05) is 0 Å². The van der Waals surface area contributed by atoms with E-state index in [2.05, 4.69) is 5.32 Å². The van der Waals surface area contributed by atoms with Crippen LogP contribution in [0.1, 0.15) is 32.1 Å². The molecule has 1 rings (SSSR count). The molecule has 1 amide bonds. The Morgan fingerprint density at radius 3 is 2.35 bits per heavy atom. The van der Waals surface area contributed by atoms with Gasteiger partial charge in [0.15, 0.2) is 0 Å². The van der Waals surface area contributed by atoms with Crippen LogP contribution >= 0.6 is 0 Å². The standard InChI is InChI=1S/C11H20N2O4/c12-9(7-4-2-1-3-5-7)10(15)13-8(6-14)11(16)17/h7-9,14H,1-6,12H2,(H,13,15)(H,16,17)/t8-,9-/m0/s1. The van der Waals surface area contributed by atoms with Crippen molar-refractivity contribution in [3.8, 4) is 0 Å². The van der Waals surface area contributed by atoms with Crippen molar-refractivity contribution in [1.82, 2.24) is 5.32 Å². The zero-order valence-electron chi connectivity index (χ0n) is 9.76. The summed E-state index contributed by atoms with van der Waals surface area (Å²) in [4.78, 5) is 22.4. The summed E-state index contributed by atoms with van der Waals surface area (Å²) in [6.45, 7) is -0.627. The zero-order chi connectivity index (χ0) is 12.8. The molecule has 6 heteroatoms. The topological polar surface area (TPSA) is 113 Å². The van der Waals surface area contributed by atoms with Gasteiger partial charge in [0.1, 0.15) is 6.04 Å². The maximum Gasteiger partial charge on any atom is 0.328 e. The average molecular weight is 244 g/mol. The average Bonchev–Trinajstić information content (AvgIpc) is 2.35. The van der Waals surface area contributed by atoms with Crippen molar-refractivity contribution in [1.29, 1.82) is 0 Å². The monoisotopic (exact) mass is 244 g/mol. The van der Waals surface area contributed by atoms with Crippen molar-refractivity contribution in [2.24, 2.45) is 11.7 Å². The van der Waals surface area contributed by atoms with Crippen LogP contribution in [0.2, 0.25) is 0 Å². The molecular weight excluding hydrogens is 224 g/mol. The van der Waals surface area contributed by atoms with E-state index in [4.69, 9.17) is 15.9 Å². The molecule has 0 aliphatic heterocycles. The largest absolute Gasteiger partial charge is 0.480 e. The van der Waals surface area contributed by atoms with Crippen LogP contribution < -0.4 is 11.1 Å². The lowest BCUT2D eigenvalue weighted by molar-refractivity contribution is -0.143. The van der Waals surface area contributed by atoms with E-state index < -0.39 is 30.6 Å². The first kappa shape index (κ1) is 13.9. The van der Waals surface area contributed by atoms with Gasteiger partial charge in [-0.2, -0.15) is 0 Å². The summed E-state index contributed by atoms with van der Waals surface area (Å²) in [5.41, 5.74) is 5.81. The number of nitrogens with two attached hydrogens (primary N) is 1. The SMILES string of the molecule is N[C@H](C(=O)N[C@@H](CO)C(=O)O)C1CCCCC1. The van der Waals surface area contributed by atoms with E-state index in [0.29, 0.717) is 0 Å². The summed E-state index contributed by atoms with van der Waals surface area (Å²) < 4.78 is 0. The van der Waals surface area contributed by atoms with E-state index in [-0.39, 0.29) is 5.92 Å². The molecule has 1 saturated carbocycles. The second kappa shape index (κ2) is 6.56. The number of hydrogen-bond acceptors (Lipinski definition) is 4. The van der Waals surface area contributed by atoms with Crippen molar-refractivity contribution in [2.75, 3.05) is 6.61 Å². The molecule has 98 valence electrons. The number of aliphatic carboxylic acids is 1. The third-order valence-corrected chi connectivity index (χ3v) is 3.26. The number of aliphatic hydroxyl groups is 1. The molecular formula is C11H20N2O4. The van der Waals surface area contributed by atoms with E-state index in [1.165, 1.54) is 6.42 Å². The molecule has 0 spiro atoms. The molecule has 0 saturated heterocycles. The number of aliphatic hydroxyl groups excluding tert-OH is 1. The van der Waals surface area contributed by atoms with Crippen LogP contribution in [-0.4, -0.2) is 40.8 Å². The molecule has 6 nitrogen and oxygen atoms in total. The van der Waals surface area contributed by atoms with Crippen LogP contribution in [-0.2, 0) is 9.59 Å². The van der Waals surface area contributed by atoms with Gasteiger partial charge in [0, 0.05) is 0 Å². The van der Waals surface area contributed by atoms with Crippen LogP contribution in [0.4, 0.5) is 0 Å². The first-order valence-electron chi connectivity index (χ1n) is 5.96. The molecule has 1 fully saturated rings. The molecule has 0 heterocycles. The van der Waals surface area contributed by atoms with E-state index in [1.54, 1.807) is 0 Å². The summed E-state index contributed by atoms with van der Waals surface area (Å²) in [6.07, 6.45) is 5.11. The molecule has 0 bridgehead atoms. The van der Waals surface area contributed by atoms with Gasteiger partial charge in [-0.15, -0.1) is 0 Å². The Hall–Kier alpha value is -1.14. The number of carbonyl (C=O) groups is 2. The molecule has 0 aromatic rings. The zero-order valence-corrected chi connectivity index (χ0v) is 9.76. The normalized spacial score (nSPS) is 20.6. The minimum atomic E-state index is -1.27. The van der Waals surface area contributed by atoms with Crippen LogP contribution in [0.15, 0.2) is 0 Å². The Labute approximate surface area is 100 Å². The highest BCUT2D eigenvalue weighted by atomic mass is 16.4. The predicted molar refractivity (Wildman–Crippen MR) is 61.2 cm³/mol. The Morgan fingerprint density at radius 1 is 1.29 bits per heavy atom. The quantitative estimate of drug-likeness (QED) is 0.518. The highest BCUT2D eigenvalue weighted by Gasteiger charge is 2.28. The fourth-order valence-electron chi connectivity index (χ4n) is 2.16. The van der Waals surface area contributed by atoms with Gasteiger partial charge in [-0.3, -0.25) is 4.79 Å². The van der Waals surface area contributed by atoms with Gasteiger partial charge in [-0.25, -0.2) is 4.79 Å². The van der Waals surface area contributed by atoms with Crippen molar-refractivity contribution >= 4 is 11.9 Å². The van der Waals surface area contributed by atoms with Crippen molar-refractivity contribution < 1.29 is 19.8 Å². The van der Waals surface area contributed by atoms with Crippen molar-refractivity contribution in [3.63, 3.8) is 0 Å². The number of rotatable bonds is 5. The van der Waals surface area contributed by atoms with E-state index >= 15 is 0 Å². The van der Waals surface area contributed by atoms with Gasteiger partial charge in [-0.05, 0) is 18.8 Å². The first-order chi connectivity index (χ1) is 8.06. The number of amides is 1. The van der Waals surface area contributed by atoms with Crippen LogP contribution in [0.25, 0.3) is 0 Å². The third-order valence-electron chi connectivity index (χ3n) is 3.26. The van der Waals surface area contributed by atoms with Gasteiger partial charge in [0.2, 0.25) is 5.91 Å². The maximum absolute atomic E-state index is 11.7. The molecule has 1 aliphatic carbocycles. The summed E-state index contributed by atoms with van der Waals surface area (Å²) in [6, 6.07) is -1.94. The van der Waals surface area contributed by atoms with Gasteiger partial charge >= 0.3 is 5.97 Å². The fourth-order valence-corrected chi connectivity index (χ4v) is 2.16. The highest BCUT2D eigenvalue weighted by Crippen LogP contribution is 2.25. The van der Waals surface area contributed by atoms with Crippen molar-refractivity contribution in [2.45, 2.75) is 44.2 Å². The molecule has 1 aliphatic rings. The number of carboxylic acids is 1. The maximum atomic E-state index is 11.7. The molecule has 0 unspecified atom stereocenters. The van der Waals surface area contributed by atoms with Crippen LogP contribution in [0.5, 0.6) is 0 Å². The summed E-state index contributed by atoms with van der Waals surface area (Å²) in [5, 5.41) is 19.7. The molecule has 0 radical (unpaired) electrons. The first-order valence-corrected chi connectivity index (χ1v) is 5.96. The molecule has 5 N–H and O–H groups in total. The predicted octanol–water partition coefficient (Wildman–Crippen LogP) is -0.544. The minimum Gasteiger partial charge on any atom is -0.480 e. The van der Waals surface area contributed by atoms with Gasteiger partial charge in [0.25, 0.3) is 0 Å². The minimum absolute atomic E-state index is 0.122. The molecule has 0 aromatic carbocycles. The summed E-state index contributed by atoms with van der Waals surface area (Å²) >= 11 is 0. The summed E-state index contributed by atoms with van der Waals surface area (Å²) in [7, 11) is 0. The number of nitrogens with one attached hydrogen (secondary N) is 1. The van der Waals surface area contributed by atoms with Gasteiger partial charge in [-0.1, -0.05) is 19.3 Å². The molecule has 0 aromatic heterocycles. The lowest BCUT2D eigenvalue weighted by atomic mass is 9.84. The van der Waals surface area contributed by atoms with Gasteiger partial charge in [0.05, 0.1) is 12.6 Å². The van der Waals surface area contributed by atoms with E-state index in [0.717, 1.165) is 25.7 Å². The fraction of sp³-hybridized carbons (Fsp3) is 0.818. The number of carboxylic acid groups (broad SMARTS) is 1. The number of carbonyl (C=O) groups excluding carboxylic acids is 1. The third kappa shape index (κ3) is 3.98. The van der Waals surface area contributed by atoms with Crippen molar-refractivity contribution in [3.05, 3.63) is 0 Å². The Bertz CT molecular complexity index is 277. The second-order valence-electron chi connectivity index (χ2n) is 4.51. The van der Waals surface area contributed by atoms with Gasteiger partial charge < -0.3 is 21.3 Å². The second-order valence-corrected chi connectivity index (χ2v) is 4.51. The Morgan fingerprint density at radius 2 is 1.88 bits per heavy atom. The van der Waals surface area contributed by atoms with E-state index in [9.17, 15) is 9.59 Å². The highest BCUT2D eigenvalue weighted by molar-refractivity contribution is 5.87.